The molecule has 0 saturated carbocycles. The zero-order valence-corrected chi connectivity index (χ0v) is 15.3. The Hall–Kier alpha value is -0.0400. The molecule has 0 radical (unpaired) electrons. The number of hydrogen-bond acceptors (Lipinski definition) is 2. The number of benzene rings is 2. The lowest BCUT2D eigenvalue weighted by Crippen LogP contribution is -1.95. The lowest BCUT2D eigenvalue weighted by molar-refractivity contribution is 1.48. The van der Waals surface area contributed by atoms with E-state index in [1.165, 1.54) is 0 Å². The molecule has 0 amide bonds. The number of hydrogen-bond donors (Lipinski definition) is 2. The predicted octanol–water partition coefficient (Wildman–Crippen LogP) is 5.57. The molecule has 18 heavy (non-hydrogen) atoms. The maximum Gasteiger partial charge on any atom is 0.0621 e. The Morgan fingerprint density at radius 2 is 1.44 bits per heavy atom. The SMILES string of the molecule is Nc1cccc(-c2c(Br)c(N)c(Br)c(Br)c2Br)c1. The maximum atomic E-state index is 6.05. The van der Waals surface area contributed by atoms with Crippen molar-refractivity contribution in [3.63, 3.8) is 0 Å². The van der Waals surface area contributed by atoms with Crippen molar-refractivity contribution in [3.8, 4) is 11.1 Å². The van der Waals surface area contributed by atoms with E-state index >= 15 is 0 Å². The van der Waals surface area contributed by atoms with Crippen LogP contribution in [0.2, 0.25) is 0 Å². The van der Waals surface area contributed by atoms with Crippen molar-refractivity contribution in [2.24, 2.45) is 0 Å². The van der Waals surface area contributed by atoms with Crippen molar-refractivity contribution in [2.75, 3.05) is 11.5 Å². The van der Waals surface area contributed by atoms with E-state index in [1.807, 2.05) is 24.3 Å². The Morgan fingerprint density at radius 1 is 0.778 bits per heavy atom. The average Bonchev–Trinajstić information content (AvgIpc) is 2.34. The summed E-state index contributed by atoms with van der Waals surface area (Å²) in [5.74, 6) is 0. The second-order valence-electron chi connectivity index (χ2n) is 3.67. The molecule has 0 spiro atoms. The molecule has 0 aliphatic carbocycles. The van der Waals surface area contributed by atoms with Crippen molar-refractivity contribution in [3.05, 3.63) is 42.2 Å². The first-order chi connectivity index (χ1) is 8.43. The van der Waals surface area contributed by atoms with E-state index in [2.05, 4.69) is 63.7 Å². The van der Waals surface area contributed by atoms with E-state index < -0.39 is 0 Å². The van der Waals surface area contributed by atoms with Gasteiger partial charge in [-0.05, 0) is 81.4 Å². The largest absolute Gasteiger partial charge is 0.399 e. The van der Waals surface area contributed by atoms with Gasteiger partial charge in [-0.15, -0.1) is 0 Å². The van der Waals surface area contributed by atoms with Crippen LogP contribution in [0.3, 0.4) is 0 Å². The fourth-order valence-electron chi connectivity index (χ4n) is 1.60. The van der Waals surface area contributed by atoms with Crippen LogP contribution in [0.5, 0.6) is 0 Å². The lowest BCUT2D eigenvalue weighted by Gasteiger charge is -2.14. The molecule has 0 aliphatic heterocycles. The standard InChI is InChI=1S/C12H8Br4N2/c13-8-7(5-2-1-3-6(17)4-5)9(14)12(18)11(16)10(8)15/h1-4H,17-18H2. The smallest absolute Gasteiger partial charge is 0.0621 e. The summed E-state index contributed by atoms with van der Waals surface area (Å²) in [6.45, 7) is 0. The van der Waals surface area contributed by atoms with Crippen LogP contribution in [0, 0.1) is 0 Å². The fraction of sp³-hybridized carbons (Fsp3) is 0. The second-order valence-corrected chi connectivity index (χ2v) is 6.84. The molecule has 0 aliphatic rings. The summed E-state index contributed by atoms with van der Waals surface area (Å²) in [4.78, 5) is 0. The Kier molecular flexibility index (Phi) is 4.41. The molecule has 0 unspecified atom stereocenters. The van der Waals surface area contributed by atoms with Crippen LogP contribution in [-0.2, 0) is 0 Å². The van der Waals surface area contributed by atoms with Crippen LogP contribution in [0.1, 0.15) is 0 Å². The maximum absolute atomic E-state index is 6.05. The van der Waals surface area contributed by atoms with E-state index in [9.17, 15) is 0 Å². The minimum Gasteiger partial charge on any atom is -0.399 e. The molecule has 2 aromatic carbocycles. The summed E-state index contributed by atoms with van der Waals surface area (Å²) in [5.41, 5.74) is 15.2. The molecule has 0 bridgehead atoms. The van der Waals surface area contributed by atoms with Crippen LogP contribution >= 0.6 is 63.7 Å². The summed E-state index contributed by atoms with van der Waals surface area (Å²) in [6, 6.07) is 7.66. The molecule has 2 aromatic rings. The topological polar surface area (TPSA) is 52.0 Å². The van der Waals surface area contributed by atoms with Gasteiger partial charge in [-0.25, -0.2) is 0 Å². The van der Waals surface area contributed by atoms with Gasteiger partial charge in [0.2, 0.25) is 0 Å². The zero-order valence-electron chi connectivity index (χ0n) is 8.98. The molecule has 2 nitrogen and oxygen atoms in total. The predicted molar refractivity (Wildman–Crippen MR) is 91.5 cm³/mol. The molecule has 0 heterocycles. The molecule has 4 N–H and O–H groups in total. The van der Waals surface area contributed by atoms with Gasteiger partial charge in [-0.3, -0.25) is 0 Å². The van der Waals surface area contributed by atoms with Gasteiger partial charge in [-0.2, -0.15) is 0 Å². The average molecular weight is 500 g/mol. The van der Waals surface area contributed by atoms with Crippen molar-refractivity contribution >= 4 is 75.1 Å². The van der Waals surface area contributed by atoms with Crippen LogP contribution in [0.4, 0.5) is 11.4 Å². The summed E-state index contributed by atoms with van der Waals surface area (Å²) in [7, 11) is 0. The third-order valence-electron chi connectivity index (χ3n) is 2.47. The first-order valence-corrected chi connectivity index (χ1v) is 8.08. The van der Waals surface area contributed by atoms with Crippen molar-refractivity contribution in [2.45, 2.75) is 0 Å². The van der Waals surface area contributed by atoms with Gasteiger partial charge in [0, 0.05) is 20.2 Å². The number of halogens is 4. The van der Waals surface area contributed by atoms with E-state index in [0.29, 0.717) is 11.4 Å². The van der Waals surface area contributed by atoms with Gasteiger partial charge >= 0.3 is 0 Å². The number of nitrogens with two attached hydrogens (primary N) is 2. The van der Waals surface area contributed by atoms with E-state index in [4.69, 9.17) is 11.5 Å². The van der Waals surface area contributed by atoms with Gasteiger partial charge in [0.25, 0.3) is 0 Å². The molecule has 0 saturated heterocycles. The summed E-state index contributed by atoms with van der Waals surface area (Å²) in [6.07, 6.45) is 0. The van der Waals surface area contributed by atoms with Gasteiger partial charge in [0.05, 0.1) is 14.6 Å². The molecule has 2 rings (SSSR count). The van der Waals surface area contributed by atoms with Crippen molar-refractivity contribution in [1.82, 2.24) is 0 Å². The van der Waals surface area contributed by atoms with Gasteiger partial charge in [-0.1, -0.05) is 12.1 Å². The van der Waals surface area contributed by atoms with Gasteiger partial charge in [0.1, 0.15) is 0 Å². The zero-order chi connectivity index (χ0) is 13.4. The Labute approximate surface area is 139 Å². The highest BCUT2D eigenvalue weighted by atomic mass is 79.9. The Bertz CT molecular complexity index is 597. The first-order valence-electron chi connectivity index (χ1n) is 4.90. The first kappa shape index (κ1) is 14.4. The van der Waals surface area contributed by atoms with E-state index in [0.717, 1.165) is 29.0 Å². The monoisotopic (exact) mass is 496 g/mol. The second kappa shape index (κ2) is 5.53. The number of rotatable bonds is 1. The quantitative estimate of drug-likeness (QED) is 0.306. The summed E-state index contributed by atoms with van der Waals surface area (Å²) >= 11 is 14.1. The highest BCUT2D eigenvalue weighted by Crippen LogP contribution is 2.47. The molecule has 0 fully saturated rings. The molecule has 6 heteroatoms. The van der Waals surface area contributed by atoms with Crippen LogP contribution in [0.25, 0.3) is 11.1 Å². The van der Waals surface area contributed by atoms with Gasteiger partial charge in [0.15, 0.2) is 0 Å². The molecule has 0 aromatic heterocycles. The van der Waals surface area contributed by atoms with Gasteiger partial charge < -0.3 is 11.5 Å². The highest BCUT2D eigenvalue weighted by molar-refractivity contribution is 9.14. The van der Waals surface area contributed by atoms with Crippen molar-refractivity contribution in [1.29, 1.82) is 0 Å². The molecule has 94 valence electrons. The molecular formula is C12H8Br4N2. The third-order valence-corrected chi connectivity index (χ3v) is 6.77. The fourth-order valence-corrected chi connectivity index (χ4v) is 4.46. The minimum absolute atomic E-state index is 0.641. The van der Waals surface area contributed by atoms with Crippen molar-refractivity contribution < 1.29 is 0 Å². The molecular weight excluding hydrogens is 492 g/mol. The molecule has 0 atom stereocenters. The van der Waals surface area contributed by atoms with E-state index in [-0.39, 0.29) is 0 Å². The normalized spacial score (nSPS) is 10.7. The summed E-state index contributed by atoms with van der Waals surface area (Å²) < 4.78 is 3.44. The Balaban J connectivity index is 2.80. The number of anilines is 2. The lowest BCUT2D eigenvalue weighted by atomic mass is 10.0. The minimum atomic E-state index is 0.641. The van der Waals surface area contributed by atoms with Crippen LogP contribution in [-0.4, -0.2) is 0 Å². The highest BCUT2D eigenvalue weighted by Gasteiger charge is 2.18. The van der Waals surface area contributed by atoms with E-state index in [1.54, 1.807) is 0 Å². The van der Waals surface area contributed by atoms with Crippen LogP contribution < -0.4 is 11.5 Å². The Morgan fingerprint density at radius 3 is 2.06 bits per heavy atom. The summed E-state index contributed by atoms with van der Waals surface area (Å²) in [5, 5.41) is 0. The third kappa shape index (κ3) is 2.48. The van der Waals surface area contributed by atoms with Crippen LogP contribution in [0.15, 0.2) is 42.2 Å². The number of nitrogen functional groups attached to an aromatic ring is 2.